The molecule has 0 radical (unpaired) electrons. The van der Waals surface area contributed by atoms with Gasteiger partial charge in [0.1, 0.15) is 10.2 Å². The van der Waals surface area contributed by atoms with Gasteiger partial charge in [0.2, 0.25) is 5.88 Å². The normalized spacial score (nSPS) is 9.77. The van der Waals surface area contributed by atoms with E-state index in [0.29, 0.717) is 8.17 Å². The topological polar surface area (TPSA) is 59.4 Å². The van der Waals surface area contributed by atoms with Gasteiger partial charge in [0.15, 0.2) is 0 Å². The number of rotatable bonds is 1. The Morgan fingerprint density at radius 1 is 1.77 bits per heavy atom. The summed E-state index contributed by atoms with van der Waals surface area (Å²) in [5, 5.41) is 9.33. The van der Waals surface area contributed by atoms with Crippen LogP contribution in [0.5, 0.6) is 5.88 Å². The summed E-state index contributed by atoms with van der Waals surface area (Å²) in [4.78, 5) is 14.8. The summed E-state index contributed by atoms with van der Waals surface area (Å²) in [6.45, 7) is 0. The predicted octanol–water partition coefficient (Wildman–Crippen LogP) is 1.94. The van der Waals surface area contributed by atoms with E-state index in [2.05, 4.69) is 25.7 Å². The first-order chi connectivity index (χ1) is 6.06. The number of hydrogen-bond acceptors (Lipinski definition) is 4. The summed E-state index contributed by atoms with van der Waals surface area (Å²) >= 11 is 5.01. The Hall–Kier alpha value is -0.370. The van der Waals surface area contributed by atoms with Crippen LogP contribution in [0.2, 0.25) is 0 Å². The van der Waals surface area contributed by atoms with Crippen LogP contribution in [0.4, 0.5) is 0 Å². The van der Waals surface area contributed by atoms with Gasteiger partial charge in [0.05, 0.1) is 7.11 Å². The van der Waals surface area contributed by atoms with Crippen LogP contribution in [-0.2, 0) is 4.74 Å². The lowest BCUT2D eigenvalue weighted by atomic mass is 10.3. The summed E-state index contributed by atoms with van der Waals surface area (Å²) in [5.41, 5.74) is 0.0892. The van der Waals surface area contributed by atoms with E-state index in [-0.39, 0.29) is 11.4 Å². The van der Waals surface area contributed by atoms with Crippen molar-refractivity contribution in [2.45, 2.75) is 0 Å². The van der Waals surface area contributed by atoms with Gasteiger partial charge < -0.3 is 9.84 Å². The summed E-state index contributed by atoms with van der Waals surface area (Å²) in [6, 6.07) is 1.62. The number of nitrogens with zero attached hydrogens (tertiary/aromatic N) is 1. The van der Waals surface area contributed by atoms with Crippen molar-refractivity contribution < 1.29 is 14.6 Å². The maximum Gasteiger partial charge on any atom is 0.344 e. The molecular weight excluding hydrogens is 353 g/mol. The van der Waals surface area contributed by atoms with Crippen LogP contribution in [0.15, 0.2) is 10.7 Å². The Bertz CT molecular complexity index is 333. The van der Waals surface area contributed by atoms with E-state index < -0.39 is 5.97 Å². The second-order valence-electron chi connectivity index (χ2n) is 2.12. The van der Waals surface area contributed by atoms with Gasteiger partial charge in [0, 0.05) is 3.57 Å². The zero-order valence-electron chi connectivity index (χ0n) is 6.54. The predicted molar refractivity (Wildman–Crippen MR) is 57.7 cm³/mol. The number of ether oxygens (including phenoxy) is 1. The molecule has 0 atom stereocenters. The first kappa shape index (κ1) is 10.7. The molecule has 0 aliphatic rings. The van der Waals surface area contributed by atoms with E-state index in [1.165, 1.54) is 7.11 Å². The fraction of sp³-hybridized carbons (Fsp3) is 0.143. The standard InChI is InChI=1S/C7H5BrINO3/c1-13-7(12)5-3(9)2-4(8)10-6(5)11/h2H,1H3,(H,10,11). The first-order valence-corrected chi connectivity index (χ1v) is 5.06. The smallest absolute Gasteiger partial charge is 0.344 e. The zero-order chi connectivity index (χ0) is 10.0. The van der Waals surface area contributed by atoms with Crippen LogP contribution >= 0.6 is 38.5 Å². The van der Waals surface area contributed by atoms with Gasteiger partial charge in [-0.05, 0) is 44.6 Å². The third-order valence-electron chi connectivity index (χ3n) is 1.31. The number of pyridine rings is 1. The molecule has 6 heteroatoms. The lowest BCUT2D eigenvalue weighted by Gasteiger charge is -2.04. The summed E-state index contributed by atoms with van der Waals surface area (Å²) in [7, 11) is 1.25. The number of carbonyl (C=O) groups excluding carboxylic acids is 1. The molecule has 13 heavy (non-hydrogen) atoms. The lowest BCUT2D eigenvalue weighted by Crippen LogP contribution is -2.05. The fourth-order valence-corrected chi connectivity index (χ4v) is 2.34. The molecule has 0 saturated heterocycles. The molecule has 0 spiro atoms. The van der Waals surface area contributed by atoms with Crippen LogP contribution in [0, 0.1) is 3.57 Å². The van der Waals surface area contributed by atoms with Crippen molar-refractivity contribution in [2.24, 2.45) is 0 Å². The fourth-order valence-electron chi connectivity index (χ4n) is 0.764. The highest BCUT2D eigenvalue weighted by atomic mass is 127. The Labute approximate surface area is 96.6 Å². The Kier molecular flexibility index (Phi) is 3.48. The average Bonchev–Trinajstić information content (AvgIpc) is 2.02. The third-order valence-corrected chi connectivity index (χ3v) is 2.57. The maximum atomic E-state index is 11.1. The molecule has 0 unspecified atom stereocenters. The van der Waals surface area contributed by atoms with Crippen molar-refractivity contribution in [3.05, 3.63) is 19.8 Å². The molecule has 1 heterocycles. The summed E-state index contributed by atoms with van der Waals surface area (Å²) < 4.78 is 5.54. The number of carbonyl (C=O) groups is 1. The number of hydrogen-bond donors (Lipinski definition) is 1. The molecule has 1 N–H and O–H groups in total. The van der Waals surface area contributed by atoms with Crippen LogP contribution in [0.3, 0.4) is 0 Å². The summed E-state index contributed by atoms with van der Waals surface area (Å²) in [5.74, 6) is -0.924. The van der Waals surface area contributed by atoms with Crippen molar-refractivity contribution in [1.29, 1.82) is 0 Å². The van der Waals surface area contributed by atoms with E-state index in [9.17, 15) is 9.90 Å². The van der Waals surface area contributed by atoms with E-state index >= 15 is 0 Å². The molecule has 0 aromatic carbocycles. The molecule has 1 aromatic heterocycles. The van der Waals surface area contributed by atoms with Gasteiger partial charge in [-0.1, -0.05) is 0 Å². The third kappa shape index (κ3) is 2.31. The number of methoxy groups -OCH3 is 1. The average molecular weight is 358 g/mol. The highest BCUT2D eigenvalue weighted by Gasteiger charge is 2.17. The molecule has 0 aliphatic heterocycles. The first-order valence-electron chi connectivity index (χ1n) is 3.19. The second-order valence-corrected chi connectivity index (χ2v) is 4.09. The minimum Gasteiger partial charge on any atom is -0.493 e. The zero-order valence-corrected chi connectivity index (χ0v) is 10.3. The van der Waals surface area contributed by atoms with Crippen molar-refractivity contribution >= 4 is 44.5 Å². The largest absolute Gasteiger partial charge is 0.493 e. The van der Waals surface area contributed by atoms with E-state index in [1.54, 1.807) is 6.07 Å². The van der Waals surface area contributed by atoms with Gasteiger partial charge in [-0.2, -0.15) is 0 Å². The molecule has 1 rings (SSSR count). The minimum absolute atomic E-state index is 0.0892. The summed E-state index contributed by atoms with van der Waals surface area (Å²) in [6.07, 6.45) is 0. The highest BCUT2D eigenvalue weighted by Crippen LogP contribution is 2.24. The highest BCUT2D eigenvalue weighted by molar-refractivity contribution is 14.1. The maximum absolute atomic E-state index is 11.1. The molecule has 70 valence electrons. The molecule has 0 saturated carbocycles. The van der Waals surface area contributed by atoms with E-state index in [0.717, 1.165) is 0 Å². The molecule has 1 aromatic rings. The van der Waals surface area contributed by atoms with Gasteiger partial charge in [-0.15, -0.1) is 0 Å². The van der Waals surface area contributed by atoms with Gasteiger partial charge >= 0.3 is 5.97 Å². The van der Waals surface area contributed by atoms with Gasteiger partial charge in [-0.3, -0.25) is 0 Å². The van der Waals surface area contributed by atoms with Gasteiger partial charge in [0.25, 0.3) is 0 Å². The number of aromatic nitrogens is 1. The van der Waals surface area contributed by atoms with Crippen LogP contribution in [0.1, 0.15) is 10.4 Å². The molecule has 0 aliphatic carbocycles. The van der Waals surface area contributed by atoms with Gasteiger partial charge in [-0.25, -0.2) is 9.78 Å². The van der Waals surface area contributed by atoms with E-state index in [1.807, 2.05) is 22.6 Å². The van der Waals surface area contributed by atoms with E-state index in [4.69, 9.17) is 0 Å². The van der Waals surface area contributed by atoms with Crippen molar-refractivity contribution in [1.82, 2.24) is 4.98 Å². The Morgan fingerprint density at radius 3 is 2.85 bits per heavy atom. The lowest BCUT2D eigenvalue weighted by molar-refractivity contribution is 0.0595. The molecule has 0 bridgehead atoms. The number of aromatic hydroxyl groups is 1. The molecule has 0 fully saturated rings. The Morgan fingerprint density at radius 2 is 2.38 bits per heavy atom. The Balaban J connectivity index is 3.28. The van der Waals surface area contributed by atoms with Crippen molar-refractivity contribution in [3.8, 4) is 5.88 Å². The van der Waals surface area contributed by atoms with Crippen molar-refractivity contribution in [2.75, 3.05) is 7.11 Å². The SMILES string of the molecule is COC(=O)c1c(I)cc(Br)nc1O. The van der Waals surface area contributed by atoms with Crippen LogP contribution in [-0.4, -0.2) is 23.2 Å². The van der Waals surface area contributed by atoms with Crippen molar-refractivity contribution in [3.63, 3.8) is 0 Å². The monoisotopic (exact) mass is 357 g/mol. The molecular formula is C7H5BrINO3. The quantitative estimate of drug-likeness (QED) is 0.474. The minimum atomic E-state index is -0.595. The van der Waals surface area contributed by atoms with Crippen LogP contribution in [0.25, 0.3) is 0 Å². The molecule has 0 amide bonds. The molecule has 4 nitrogen and oxygen atoms in total. The number of halogens is 2. The second kappa shape index (κ2) is 4.23. The number of esters is 1. The van der Waals surface area contributed by atoms with Crippen LogP contribution < -0.4 is 0 Å².